The summed E-state index contributed by atoms with van der Waals surface area (Å²) in [5.74, 6) is 8.09. The van der Waals surface area contributed by atoms with Crippen molar-refractivity contribution in [3.8, 4) is 0 Å². The topological polar surface area (TPSA) is 108 Å². The Morgan fingerprint density at radius 2 is 1.72 bits per heavy atom. The van der Waals surface area contributed by atoms with Crippen LogP contribution in [0.4, 0.5) is 5.69 Å². The molecule has 1 aliphatic carbocycles. The van der Waals surface area contributed by atoms with Gasteiger partial charge in [-0.3, -0.25) is 9.79 Å². The molecular formula is C27H43N5O3S. The van der Waals surface area contributed by atoms with Crippen LogP contribution in [0.5, 0.6) is 0 Å². The molecule has 2 fully saturated rings. The van der Waals surface area contributed by atoms with E-state index in [1.807, 2.05) is 39.8 Å². The molecule has 200 valence electrons. The van der Waals surface area contributed by atoms with Crippen LogP contribution in [-0.2, 0) is 21.2 Å². The molecule has 1 spiro atoms. The lowest BCUT2D eigenvalue weighted by Crippen LogP contribution is -2.51. The number of carbonyl (C=O) groups is 1. The molecule has 2 heterocycles. The van der Waals surface area contributed by atoms with E-state index in [2.05, 4.69) is 12.2 Å². The summed E-state index contributed by atoms with van der Waals surface area (Å²) in [5.41, 5.74) is 3.30. The number of piperidine rings is 1. The summed E-state index contributed by atoms with van der Waals surface area (Å²) >= 11 is 0. The molecule has 0 atom stereocenters. The van der Waals surface area contributed by atoms with Crippen LogP contribution in [0.25, 0.3) is 0 Å². The Bertz CT molecular complexity index is 1090. The largest absolute Gasteiger partial charge is 0.312 e. The van der Waals surface area contributed by atoms with Crippen molar-refractivity contribution in [2.75, 3.05) is 23.9 Å². The quantitative estimate of drug-likeness (QED) is 0.425. The fourth-order valence-electron chi connectivity index (χ4n) is 5.91. The molecule has 1 saturated heterocycles. The minimum atomic E-state index is -3.44. The van der Waals surface area contributed by atoms with Crippen LogP contribution in [0.1, 0.15) is 76.0 Å². The molecule has 2 aliphatic heterocycles. The van der Waals surface area contributed by atoms with E-state index >= 15 is 0 Å². The fourth-order valence-corrected chi connectivity index (χ4v) is 7.37. The van der Waals surface area contributed by atoms with Crippen LogP contribution in [0, 0.1) is 25.7 Å². The molecule has 36 heavy (non-hydrogen) atoms. The lowest BCUT2D eigenvalue weighted by Gasteiger charge is -2.35. The summed E-state index contributed by atoms with van der Waals surface area (Å²) in [6.45, 7) is 11.0. The summed E-state index contributed by atoms with van der Waals surface area (Å²) in [6.07, 6.45) is 5.81. The molecule has 3 aliphatic rings. The third kappa shape index (κ3) is 5.48. The predicted octanol–water partition coefficient (Wildman–Crippen LogP) is 3.45. The van der Waals surface area contributed by atoms with Crippen molar-refractivity contribution < 1.29 is 13.2 Å². The molecule has 1 aromatic rings. The van der Waals surface area contributed by atoms with Crippen LogP contribution in [-0.4, -0.2) is 54.9 Å². The number of amides is 1. The summed E-state index contributed by atoms with van der Waals surface area (Å²) in [6, 6.07) is 4.23. The Morgan fingerprint density at radius 3 is 2.28 bits per heavy atom. The first-order valence-electron chi connectivity index (χ1n) is 13.4. The zero-order chi connectivity index (χ0) is 26.3. The maximum Gasteiger partial charge on any atom is 0.253 e. The summed E-state index contributed by atoms with van der Waals surface area (Å²) in [4.78, 5) is 17.8. The monoisotopic (exact) mass is 517 g/mol. The number of aliphatic imine (C=N–C) groups is 1. The Kier molecular flexibility index (Phi) is 7.84. The van der Waals surface area contributed by atoms with Gasteiger partial charge < -0.3 is 10.3 Å². The van der Waals surface area contributed by atoms with E-state index in [0.717, 1.165) is 47.0 Å². The Balaban J connectivity index is 1.38. The van der Waals surface area contributed by atoms with E-state index in [1.54, 1.807) is 9.31 Å². The van der Waals surface area contributed by atoms with E-state index in [-0.39, 0.29) is 17.7 Å². The molecule has 4 rings (SSSR count). The van der Waals surface area contributed by atoms with Crippen LogP contribution in [0.2, 0.25) is 0 Å². The zero-order valence-corrected chi connectivity index (χ0v) is 23.3. The number of hydrogen-bond acceptors (Lipinski definition) is 6. The SMILES string of the molecule is Cc1cc(N(N)C(C)C)cc(C)c1CCS(=O)(=O)N1CCC2(CC1)N=C(C1CCC(C)CC1)NC2=O. The average molecular weight is 518 g/mol. The number of amidine groups is 1. The second kappa shape index (κ2) is 10.4. The molecule has 0 aromatic heterocycles. The van der Waals surface area contributed by atoms with Gasteiger partial charge in [0.05, 0.1) is 11.4 Å². The number of carbonyl (C=O) groups excluding carboxylic acids is 1. The third-order valence-electron chi connectivity index (χ3n) is 8.49. The van der Waals surface area contributed by atoms with Crippen molar-refractivity contribution in [1.82, 2.24) is 9.62 Å². The Labute approximate surface area is 216 Å². The molecule has 0 radical (unpaired) electrons. The van der Waals surface area contributed by atoms with E-state index in [0.29, 0.717) is 38.3 Å². The van der Waals surface area contributed by atoms with Gasteiger partial charge in [-0.25, -0.2) is 18.6 Å². The second-order valence-electron chi connectivity index (χ2n) is 11.5. The van der Waals surface area contributed by atoms with Crippen LogP contribution in [0.3, 0.4) is 0 Å². The number of nitrogens with two attached hydrogens (primary N) is 1. The molecule has 9 heteroatoms. The van der Waals surface area contributed by atoms with Gasteiger partial charge in [0.15, 0.2) is 0 Å². The summed E-state index contributed by atoms with van der Waals surface area (Å²) in [7, 11) is -3.44. The van der Waals surface area contributed by atoms with Gasteiger partial charge in [0, 0.05) is 25.0 Å². The normalized spacial score (nSPS) is 24.8. The van der Waals surface area contributed by atoms with E-state index in [1.165, 1.54) is 12.8 Å². The number of aryl methyl sites for hydroxylation is 2. The highest BCUT2D eigenvalue weighted by Crippen LogP contribution is 2.36. The lowest BCUT2D eigenvalue weighted by atomic mass is 9.82. The molecule has 0 bridgehead atoms. The van der Waals surface area contributed by atoms with Gasteiger partial charge in [0.1, 0.15) is 11.4 Å². The van der Waals surface area contributed by atoms with Gasteiger partial charge in [-0.05, 0) is 94.5 Å². The summed E-state index contributed by atoms with van der Waals surface area (Å²) < 4.78 is 28.0. The highest BCUT2D eigenvalue weighted by molar-refractivity contribution is 7.89. The molecule has 1 amide bonds. The van der Waals surface area contributed by atoms with Crippen molar-refractivity contribution in [3.05, 3.63) is 28.8 Å². The maximum atomic E-state index is 13.2. The van der Waals surface area contributed by atoms with Gasteiger partial charge in [0.25, 0.3) is 5.91 Å². The predicted molar refractivity (Wildman–Crippen MR) is 145 cm³/mol. The van der Waals surface area contributed by atoms with Crippen molar-refractivity contribution >= 4 is 27.5 Å². The molecule has 0 unspecified atom stereocenters. The van der Waals surface area contributed by atoms with E-state index in [4.69, 9.17) is 10.8 Å². The molecular weight excluding hydrogens is 474 g/mol. The first-order valence-corrected chi connectivity index (χ1v) is 15.1. The van der Waals surface area contributed by atoms with Gasteiger partial charge in [0.2, 0.25) is 10.0 Å². The third-order valence-corrected chi connectivity index (χ3v) is 10.4. The van der Waals surface area contributed by atoms with E-state index in [9.17, 15) is 13.2 Å². The summed E-state index contributed by atoms with van der Waals surface area (Å²) in [5, 5.41) is 4.79. The first kappa shape index (κ1) is 27.1. The zero-order valence-electron chi connectivity index (χ0n) is 22.5. The number of hydrazine groups is 1. The molecule has 3 N–H and O–H groups in total. The number of sulfonamides is 1. The standard InChI is InChI=1S/C27H43N5O3S/c1-18(2)32(28)23-16-20(4)24(21(5)17-23)10-15-36(34,35)31-13-11-27(12-14-31)26(33)29-25(30-27)22-8-6-19(3)7-9-22/h16-19,22H,6-15,28H2,1-5H3,(H,29,30,33). The maximum absolute atomic E-state index is 13.2. The number of hydrogen-bond donors (Lipinski definition) is 2. The number of benzene rings is 1. The Morgan fingerprint density at radius 1 is 1.14 bits per heavy atom. The molecule has 1 saturated carbocycles. The number of anilines is 1. The van der Waals surface area contributed by atoms with Gasteiger partial charge in [-0.1, -0.05) is 19.8 Å². The number of nitrogens with one attached hydrogen (secondary N) is 1. The van der Waals surface area contributed by atoms with Gasteiger partial charge >= 0.3 is 0 Å². The van der Waals surface area contributed by atoms with Gasteiger partial charge in [-0.2, -0.15) is 0 Å². The van der Waals surface area contributed by atoms with Crippen molar-refractivity contribution in [1.29, 1.82) is 0 Å². The minimum Gasteiger partial charge on any atom is -0.312 e. The van der Waals surface area contributed by atoms with Crippen molar-refractivity contribution in [2.45, 2.75) is 91.1 Å². The van der Waals surface area contributed by atoms with Crippen LogP contribution in [0.15, 0.2) is 17.1 Å². The number of rotatable bonds is 7. The van der Waals surface area contributed by atoms with Crippen LogP contribution >= 0.6 is 0 Å². The highest BCUT2D eigenvalue weighted by atomic mass is 32.2. The molecule has 8 nitrogen and oxygen atoms in total. The highest BCUT2D eigenvalue weighted by Gasteiger charge is 2.48. The van der Waals surface area contributed by atoms with Crippen molar-refractivity contribution in [3.63, 3.8) is 0 Å². The average Bonchev–Trinajstić information content (AvgIpc) is 3.13. The van der Waals surface area contributed by atoms with Crippen molar-refractivity contribution in [2.24, 2.45) is 22.7 Å². The molecule has 1 aromatic carbocycles. The van der Waals surface area contributed by atoms with Gasteiger partial charge in [-0.15, -0.1) is 0 Å². The fraction of sp³-hybridized carbons (Fsp3) is 0.704. The second-order valence-corrected chi connectivity index (χ2v) is 13.6. The smallest absolute Gasteiger partial charge is 0.253 e. The van der Waals surface area contributed by atoms with Crippen LogP contribution < -0.4 is 16.2 Å². The number of nitrogens with zero attached hydrogens (tertiary/aromatic N) is 3. The minimum absolute atomic E-state index is 0.0464. The lowest BCUT2D eigenvalue weighted by molar-refractivity contribution is -0.125. The first-order chi connectivity index (χ1) is 16.9. The van der Waals surface area contributed by atoms with E-state index < -0.39 is 15.6 Å². The Hall–Kier alpha value is -1.97.